The standard InChI is InChI=1S/C10H7BrF4O2/c1-2-17-9(16)6-3-5(11)4-7(8(6)12)10(13,14)15/h3-4H,2H2,1H3. The van der Waals surface area contributed by atoms with Gasteiger partial charge in [0.05, 0.1) is 17.7 Å². The molecule has 1 rings (SSSR count). The maximum absolute atomic E-state index is 13.5. The Balaban J connectivity index is 3.34. The molecule has 0 N–H and O–H groups in total. The average Bonchev–Trinajstić information content (AvgIpc) is 2.19. The highest BCUT2D eigenvalue weighted by Crippen LogP contribution is 2.34. The van der Waals surface area contributed by atoms with Gasteiger partial charge in [0.1, 0.15) is 5.82 Å². The van der Waals surface area contributed by atoms with Crippen LogP contribution in [0.2, 0.25) is 0 Å². The molecule has 0 atom stereocenters. The minimum Gasteiger partial charge on any atom is -0.462 e. The van der Waals surface area contributed by atoms with E-state index in [2.05, 4.69) is 20.7 Å². The molecule has 1 aromatic carbocycles. The van der Waals surface area contributed by atoms with E-state index in [-0.39, 0.29) is 11.1 Å². The van der Waals surface area contributed by atoms with Gasteiger partial charge in [0.2, 0.25) is 0 Å². The number of rotatable bonds is 2. The Morgan fingerprint density at radius 2 is 2.00 bits per heavy atom. The van der Waals surface area contributed by atoms with Crippen molar-refractivity contribution in [3.8, 4) is 0 Å². The van der Waals surface area contributed by atoms with Gasteiger partial charge in [-0.25, -0.2) is 9.18 Å². The quantitative estimate of drug-likeness (QED) is 0.613. The first-order valence-electron chi connectivity index (χ1n) is 4.50. The largest absolute Gasteiger partial charge is 0.462 e. The van der Waals surface area contributed by atoms with Gasteiger partial charge in [-0.3, -0.25) is 0 Å². The minimum atomic E-state index is -4.87. The third-order valence-corrected chi connectivity index (χ3v) is 2.30. The first-order chi connectivity index (χ1) is 7.77. The topological polar surface area (TPSA) is 26.3 Å². The number of hydrogen-bond donors (Lipinski definition) is 0. The van der Waals surface area contributed by atoms with Crippen molar-refractivity contribution in [2.75, 3.05) is 6.61 Å². The van der Waals surface area contributed by atoms with Crippen molar-refractivity contribution in [3.63, 3.8) is 0 Å². The number of benzene rings is 1. The number of hydrogen-bond acceptors (Lipinski definition) is 2. The predicted octanol–water partition coefficient (Wildman–Crippen LogP) is 3.78. The van der Waals surface area contributed by atoms with Gasteiger partial charge in [-0.1, -0.05) is 15.9 Å². The van der Waals surface area contributed by atoms with E-state index in [1.807, 2.05) is 0 Å². The first-order valence-corrected chi connectivity index (χ1v) is 5.30. The van der Waals surface area contributed by atoms with E-state index >= 15 is 0 Å². The molecule has 17 heavy (non-hydrogen) atoms. The molecule has 0 heterocycles. The van der Waals surface area contributed by atoms with Crippen molar-refractivity contribution in [1.29, 1.82) is 0 Å². The summed E-state index contributed by atoms with van der Waals surface area (Å²) in [5.74, 6) is -2.75. The van der Waals surface area contributed by atoms with Crippen LogP contribution in [-0.4, -0.2) is 12.6 Å². The molecule has 0 aromatic heterocycles. The predicted molar refractivity (Wildman–Crippen MR) is 55.1 cm³/mol. The number of esters is 1. The Kier molecular flexibility index (Phi) is 4.13. The molecule has 0 aliphatic heterocycles. The minimum absolute atomic E-state index is 0.0470. The average molecular weight is 315 g/mol. The molecule has 0 amide bonds. The zero-order valence-electron chi connectivity index (χ0n) is 8.57. The Bertz CT molecular complexity index is 443. The van der Waals surface area contributed by atoms with Crippen LogP contribution in [0.15, 0.2) is 16.6 Å². The van der Waals surface area contributed by atoms with E-state index in [0.29, 0.717) is 6.07 Å². The Hall–Kier alpha value is -1.11. The number of carbonyl (C=O) groups is 1. The molecule has 1 aromatic rings. The van der Waals surface area contributed by atoms with Gasteiger partial charge in [0.25, 0.3) is 0 Å². The first kappa shape index (κ1) is 14.0. The zero-order chi connectivity index (χ0) is 13.2. The zero-order valence-corrected chi connectivity index (χ0v) is 10.2. The van der Waals surface area contributed by atoms with Crippen molar-refractivity contribution in [1.82, 2.24) is 0 Å². The molecule has 0 spiro atoms. The summed E-state index contributed by atoms with van der Waals surface area (Å²) in [7, 11) is 0. The highest BCUT2D eigenvalue weighted by atomic mass is 79.9. The van der Waals surface area contributed by atoms with Gasteiger partial charge in [0.15, 0.2) is 0 Å². The van der Waals surface area contributed by atoms with E-state index in [1.165, 1.54) is 6.92 Å². The van der Waals surface area contributed by atoms with Crippen LogP contribution in [0.5, 0.6) is 0 Å². The summed E-state index contributed by atoms with van der Waals surface area (Å²) in [6, 6.07) is 1.51. The Morgan fingerprint density at radius 1 is 1.41 bits per heavy atom. The molecular weight excluding hydrogens is 308 g/mol. The summed E-state index contributed by atoms with van der Waals surface area (Å²) in [6.07, 6.45) is -4.87. The molecule has 2 nitrogen and oxygen atoms in total. The summed E-state index contributed by atoms with van der Waals surface area (Å²) in [5, 5.41) is 0. The molecule has 94 valence electrons. The highest BCUT2D eigenvalue weighted by molar-refractivity contribution is 9.10. The Labute approximate surface area is 103 Å². The third kappa shape index (κ3) is 3.18. The number of ether oxygens (including phenoxy) is 1. The second-order valence-corrected chi connectivity index (χ2v) is 3.95. The lowest BCUT2D eigenvalue weighted by Crippen LogP contribution is -2.14. The number of carbonyl (C=O) groups excluding carboxylic acids is 1. The molecule has 0 saturated carbocycles. The summed E-state index contributed by atoms with van der Waals surface area (Å²) < 4.78 is 55.2. The van der Waals surface area contributed by atoms with Gasteiger partial charge in [0, 0.05) is 4.47 Å². The maximum atomic E-state index is 13.5. The van der Waals surface area contributed by atoms with E-state index in [1.54, 1.807) is 0 Å². The van der Waals surface area contributed by atoms with E-state index in [0.717, 1.165) is 6.07 Å². The van der Waals surface area contributed by atoms with Crippen LogP contribution in [0.4, 0.5) is 17.6 Å². The Morgan fingerprint density at radius 3 is 2.47 bits per heavy atom. The fraction of sp³-hybridized carbons (Fsp3) is 0.300. The van der Waals surface area contributed by atoms with Gasteiger partial charge in [-0.05, 0) is 19.1 Å². The van der Waals surface area contributed by atoms with Crippen molar-refractivity contribution in [2.24, 2.45) is 0 Å². The second kappa shape index (κ2) is 5.03. The van der Waals surface area contributed by atoms with Crippen molar-refractivity contribution >= 4 is 21.9 Å². The molecule has 0 bridgehead atoms. The molecule has 0 aliphatic rings. The van der Waals surface area contributed by atoms with E-state index < -0.39 is 29.1 Å². The monoisotopic (exact) mass is 314 g/mol. The van der Waals surface area contributed by atoms with Crippen LogP contribution in [0, 0.1) is 5.82 Å². The van der Waals surface area contributed by atoms with Crippen LogP contribution < -0.4 is 0 Å². The number of alkyl halides is 3. The van der Waals surface area contributed by atoms with E-state index in [4.69, 9.17) is 0 Å². The normalized spacial score (nSPS) is 11.4. The SMILES string of the molecule is CCOC(=O)c1cc(Br)cc(C(F)(F)F)c1F. The van der Waals surface area contributed by atoms with Crippen molar-refractivity contribution in [3.05, 3.63) is 33.5 Å². The molecular formula is C10H7BrF4O2. The van der Waals surface area contributed by atoms with Crippen molar-refractivity contribution in [2.45, 2.75) is 13.1 Å². The maximum Gasteiger partial charge on any atom is 0.419 e. The van der Waals surface area contributed by atoms with Crippen molar-refractivity contribution < 1.29 is 27.1 Å². The smallest absolute Gasteiger partial charge is 0.419 e. The summed E-state index contributed by atoms with van der Waals surface area (Å²) in [6.45, 7) is 1.42. The number of halogens is 5. The summed E-state index contributed by atoms with van der Waals surface area (Å²) >= 11 is 2.78. The van der Waals surface area contributed by atoms with Crippen LogP contribution in [0.3, 0.4) is 0 Å². The fourth-order valence-electron chi connectivity index (χ4n) is 1.15. The second-order valence-electron chi connectivity index (χ2n) is 3.03. The van der Waals surface area contributed by atoms with Crippen LogP contribution >= 0.6 is 15.9 Å². The molecule has 0 unspecified atom stereocenters. The third-order valence-electron chi connectivity index (χ3n) is 1.84. The molecule has 0 radical (unpaired) electrons. The highest BCUT2D eigenvalue weighted by Gasteiger charge is 2.36. The fourth-order valence-corrected chi connectivity index (χ4v) is 1.61. The van der Waals surface area contributed by atoms with Gasteiger partial charge in [-0.15, -0.1) is 0 Å². The van der Waals surface area contributed by atoms with Crippen LogP contribution in [0.25, 0.3) is 0 Å². The van der Waals surface area contributed by atoms with E-state index in [9.17, 15) is 22.4 Å². The summed E-state index contributed by atoms with van der Waals surface area (Å²) in [5.41, 5.74) is -2.25. The molecule has 0 aliphatic carbocycles. The van der Waals surface area contributed by atoms with Gasteiger partial charge >= 0.3 is 12.1 Å². The molecule has 0 saturated heterocycles. The summed E-state index contributed by atoms with van der Waals surface area (Å²) in [4.78, 5) is 11.2. The lowest BCUT2D eigenvalue weighted by Gasteiger charge is -2.11. The lowest BCUT2D eigenvalue weighted by molar-refractivity contribution is -0.140. The van der Waals surface area contributed by atoms with Gasteiger partial charge < -0.3 is 4.74 Å². The molecule has 7 heteroatoms. The van der Waals surface area contributed by atoms with Crippen LogP contribution in [-0.2, 0) is 10.9 Å². The molecule has 0 fully saturated rings. The van der Waals surface area contributed by atoms with Crippen LogP contribution in [0.1, 0.15) is 22.8 Å². The lowest BCUT2D eigenvalue weighted by atomic mass is 10.1. The van der Waals surface area contributed by atoms with Gasteiger partial charge in [-0.2, -0.15) is 13.2 Å².